The van der Waals surface area contributed by atoms with E-state index in [1.165, 1.54) is 0 Å². The predicted octanol–water partition coefficient (Wildman–Crippen LogP) is 4.78. The maximum Gasteiger partial charge on any atom is 0.408 e. The minimum Gasteiger partial charge on any atom is -0.466 e. The maximum atomic E-state index is 12.3. The van der Waals surface area contributed by atoms with Gasteiger partial charge in [-0.15, -0.1) is 0 Å². The first-order valence-electron chi connectivity index (χ1n) is 9.33. The summed E-state index contributed by atoms with van der Waals surface area (Å²) in [6, 6.07) is 4.88. The molecule has 158 valence electrons. The lowest BCUT2D eigenvalue weighted by molar-refractivity contribution is -0.143. The van der Waals surface area contributed by atoms with Crippen molar-refractivity contribution in [1.82, 2.24) is 5.32 Å². The van der Waals surface area contributed by atoms with Crippen LogP contribution in [0.15, 0.2) is 18.2 Å². The summed E-state index contributed by atoms with van der Waals surface area (Å²) in [5.41, 5.74) is 0.690. The molecule has 1 unspecified atom stereocenters. The molecule has 0 bridgehead atoms. The first-order chi connectivity index (χ1) is 12.9. The average molecular weight is 414 g/mol. The Kier molecular flexibility index (Phi) is 8.76. The number of ether oxygens (including phenoxy) is 3. The number of alkyl carbamates (subject to hydrolysis) is 1. The number of halogens is 1. The van der Waals surface area contributed by atoms with Crippen molar-refractivity contribution in [3.05, 3.63) is 34.3 Å². The molecule has 1 atom stereocenters. The number of esters is 1. The molecule has 7 heteroatoms. The van der Waals surface area contributed by atoms with Crippen LogP contribution in [0.4, 0.5) is 4.79 Å². The van der Waals surface area contributed by atoms with Gasteiger partial charge in [0.1, 0.15) is 5.60 Å². The molecule has 1 aromatic rings. The van der Waals surface area contributed by atoms with Crippen molar-refractivity contribution in [2.75, 3.05) is 20.3 Å². The predicted molar refractivity (Wildman–Crippen MR) is 110 cm³/mol. The van der Waals surface area contributed by atoms with Crippen molar-refractivity contribution >= 4 is 23.7 Å². The third kappa shape index (κ3) is 8.07. The second kappa shape index (κ2) is 10.1. The molecule has 1 rings (SSSR count). The van der Waals surface area contributed by atoms with Gasteiger partial charge in [-0.3, -0.25) is 4.79 Å². The molecule has 1 amide bonds. The fraction of sp³-hybridized carbons (Fsp3) is 0.619. The molecule has 0 fully saturated rings. The molecule has 0 heterocycles. The average Bonchev–Trinajstić information content (AvgIpc) is 2.52. The van der Waals surface area contributed by atoms with Gasteiger partial charge in [0.05, 0.1) is 25.7 Å². The van der Waals surface area contributed by atoms with Crippen molar-refractivity contribution in [3.63, 3.8) is 0 Å². The second-order valence-corrected chi connectivity index (χ2v) is 8.73. The molecule has 1 aromatic carbocycles. The quantitative estimate of drug-likeness (QED) is 0.620. The van der Waals surface area contributed by atoms with E-state index >= 15 is 0 Å². The normalized spacial score (nSPS) is 13.0. The van der Waals surface area contributed by atoms with Crippen LogP contribution in [-0.4, -0.2) is 38.0 Å². The molecule has 0 aromatic heterocycles. The topological polar surface area (TPSA) is 73.9 Å². The van der Waals surface area contributed by atoms with Gasteiger partial charge in [0, 0.05) is 17.5 Å². The van der Waals surface area contributed by atoms with Gasteiger partial charge >= 0.3 is 12.1 Å². The highest BCUT2D eigenvalue weighted by Gasteiger charge is 2.26. The second-order valence-electron chi connectivity index (χ2n) is 8.30. The van der Waals surface area contributed by atoms with Crippen LogP contribution < -0.4 is 5.32 Å². The summed E-state index contributed by atoms with van der Waals surface area (Å²) in [7, 11) is 1.64. The largest absolute Gasteiger partial charge is 0.466 e. The summed E-state index contributed by atoms with van der Waals surface area (Å²) in [4.78, 5) is 24.4. The first kappa shape index (κ1) is 24.2. The Morgan fingerprint density at radius 2 is 1.79 bits per heavy atom. The van der Waals surface area contributed by atoms with Crippen molar-refractivity contribution < 1.29 is 23.8 Å². The number of nitrogens with one attached hydrogen (secondary N) is 1. The number of carbonyl (C=O) groups is 2. The molecule has 0 aliphatic rings. The summed E-state index contributed by atoms with van der Waals surface area (Å²) in [6.45, 7) is 11.9. The summed E-state index contributed by atoms with van der Waals surface area (Å²) >= 11 is 6.34. The smallest absolute Gasteiger partial charge is 0.408 e. The molecular formula is C21H32ClNO5. The maximum absolute atomic E-state index is 12.3. The first-order valence-corrected chi connectivity index (χ1v) is 9.71. The van der Waals surface area contributed by atoms with Crippen molar-refractivity contribution in [2.45, 2.75) is 65.0 Å². The van der Waals surface area contributed by atoms with Crippen LogP contribution in [0.5, 0.6) is 0 Å². The molecule has 0 aliphatic heterocycles. The number of carbonyl (C=O) groups excluding carboxylic acids is 2. The molecule has 0 aliphatic carbocycles. The Bertz CT molecular complexity index is 682. The Hall–Kier alpha value is -1.79. The van der Waals surface area contributed by atoms with Gasteiger partial charge < -0.3 is 19.5 Å². The number of hydrogen-bond donors (Lipinski definition) is 1. The minimum absolute atomic E-state index is 0.0302. The highest BCUT2D eigenvalue weighted by Crippen LogP contribution is 2.31. The number of methoxy groups -OCH3 is 1. The van der Waals surface area contributed by atoms with Gasteiger partial charge in [0.15, 0.2) is 0 Å². The highest BCUT2D eigenvalue weighted by molar-refractivity contribution is 6.30. The van der Waals surface area contributed by atoms with Gasteiger partial charge in [-0.05, 0) is 51.0 Å². The van der Waals surface area contributed by atoms with Crippen molar-refractivity contribution in [1.29, 1.82) is 0 Å². The van der Waals surface area contributed by atoms with Gasteiger partial charge in [-0.2, -0.15) is 0 Å². The van der Waals surface area contributed by atoms with Crippen LogP contribution in [-0.2, 0) is 24.4 Å². The van der Waals surface area contributed by atoms with E-state index < -0.39 is 23.7 Å². The van der Waals surface area contributed by atoms with Crippen LogP contribution in [0.2, 0.25) is 5.02 Å². The van der Waals surface area contributed by atoms with E-state index in [2.05, 4.69) is 5.32 Å². The number of rotatable bonds is 8. The fourth-order valence-electron chi connectivity index (χ4n) is 2.74. The van der Waals surface area contributed by atoms with Gasteiger partial charge in [-0.25, -0.2) is 4.79 Å². The summed E-state index contributed by atoms with van der Waals surface area (Å²) in [6.07, 6.45) is -0.642. The van der Waals surface area contributed by atoms with E-state index in [0.29, 0.717) is 17.2 Å². The standard InChI is InChI=1S/C21H32ClNO5/c1-8-27-18(24)12-17(23-19(25)28-20(2,3)4)14-9-15(11-16(22)10-14)21(5,6)13-26-7/h9-11,17H,8,12-13H2,1-7H3,(H,23,25). The molecule has 0 saturated carbocycles. The lowest BCUT2D eigenvalue weighted by atomic mass is 9.84. The van der Waals surface area contributed by atoms with E-state index in [-0.39, 0.29) is 18.4 Å². The molecule has 6 nitrogen and oxygen atoms in total. The van der Waals surface area contributed by atoms with Crippen LogP contribution >= 0.6 is 11.6 Å². The van der Waals surface area contributed by atoms with Crippen molar-refractivity contribution in [3.8, 4) is 0 Å². The van der Waals surface area contributed by atoms with Crippen LogP contribution in [0.1, 0.15) is 65.1 Å². The third-order valence-corrected chi connectivity index (χ3v) is 4.19. The lowest BCUT2D eigenvalue weighted by Crippen LogP contribution is -2.36. The number of amides is 1. The number of benzene rings is 1. The zero-order valence-corrected chi connectivity index (χ0v) is 18.6. The SMILES string of the molecule is CCOC(=O)CC(NC(=O)OC(C)(C)C)c1cc(Cl)cc(C(C)(C)COC)c1. The fourth-order valence-corrected chi connectivity index (χ4v) is 2.98. The molecule has 0 radical (unpaired) electrons. The molecule has 0 saturated heterocycles. The van der Waals surface area contributed by atoms with Crippen LogP contribution in [0.25, 0.3) is 0 Å². The van der Waals surface area contributed by atoms with E-state index in [0.717, 1.165) is 5.56 Å². The van der Waals surface area contributed by atoms with Gasteiger partial charge in [0.2, 0.25) is 0 Å². The molecule has 28 heavy (non-hydrogen) atoms. The van der Waals surface area contributed by atoms with E-state index in [1.807, 2.05) is 26.0 Å². The van der Waals surface area contributed by atoms with Gasteiger partial charge in [-0.1, -0.05) is 31.5 Å². The Balaban J connectivity index is 3.23. The van der Waals surface area contributed by atoms with Crippen molar-refractivity contribution in [2.24, 2.45) is 0 Å². The molecular weight excluding hydrogens is 382 g/mol. The summed E-state index contributed by atoms with van der Waals surface area (Å²) in [5, 5.41) is 3.28. The van der Waals surface area contributed by atoms with E-state index in [9.17, 15) is 9.59 Å². The van der Waals surface area contributed by atoms with E-state index in [4.69, 9.17) is 25.8 Å². The minimum atomic E-state index is -0.654. The third-order valence-electron chi connectivity index (χ3n) is 3.98. The molecule has 1 N–H and O–H groups in total. The Labute approximate surface area is 172 Å². The van der Waals surface area contributed by atoms with Crippen LogP contribution in [0.3, 0.4) is 0 Å². The monoisotopic (exact) mass is 413 g/mol. The van der Waals surface area contributed by atoms with Gasteiger partial charge in [0.25, 0.3) is 0 Å². The van der Waals surface area contributed by atoms with E-state index in [1.54, 1.807) is 40.9 Å². The Morgan fingerprint density at radius 1 is 1.14 bits per heavy atom. The lowest BCUT2D eigenvalue weighted by Gasteiger charge is -2.27. The van der Waals surface area contributed by atoms with Crippen LogP contribution in [0, 0.1) is 0 Å². The zero-order valence-electron chi connectivity index (χ0n) is 17.8. The number of hydrogen-bond acceptors (Lipinski definition) is 5. The highest BCUT2D eigenvalue weighted by atomic mass is 35.5. The zero-order chi connectivity index (χ0) is 21.5. The summed E-state index contributed by atoms with van der Waals surface area (Å²) < 4.78 is 15.7. The Morgan fingerprint density at radius 3 is 2.32 bits per heavy atom. The molecule has 0 spiro atoms. The summed E-state index contributed by atoms with van der Waals surface area (Å²) in [5.74, 6) is -0.416.